The maximum atomic E-state index is 13.5. The van der Waals surface area contributed by atoms with Crippen molar-refractivity contribution >= 4 is 17.5 Å². The highest BCUT2D eigenvalue weighted by molar-refractivity contribution is 5.95. The van der Waals surface area contributed by atoms with E-state index in [2.05, 4.69) is 5.32 Å². The molecule has 2 aliphatic heterocycles. The van der Waals surface area contributed by atoms with E-state index in [1.54, 1.807) is 23.1 Å². The summed E-state index contributed by atoms with van der Waals surface area (Å²) in [5, 5.41) is 2.99. The minimum atomic E-state index is -0.858. The molecule has 4 rings (SSSR count). The molecule has 2 aromatic rings. The summed E-state index contributed by atoms with van der Waals surface area (Å²) >= 11 is 0. The number of hydrogen-bond acceptors (Lipinski definition) is 4. The standard InChI is InChI=1S/C22H25F2N3O3/c23-17-7-6-16(12-18(17)24)26-10-8-15(14-26)13-25-21(28)19-4-1-2-9-27(19)22(29)20-5-3-11-30-20/h3,5-7,11-12,15,19H,1-2,4,8-10,13-14H2,(H,25,28). The number of rotatable bonds is 5. The van der Waals surface area contributed by atoms with Gasteiger partial charge in [-0.25, -0.2) is 8.78 Å². The number of halogens is 2. The van der Waals surface area contributed by atoms with Crippen LogP contribution in [0.1, 0.15) is 36.2 Å². The van der Waals surface area contributed by atoms with Crippen molar-refractivity contribution in [2.24, 2.45) is 5.92 Å². The first-order valence-corrected chi connectivity index (χ1v) is 10.3. The molecule has 2 amide bonds. The maximum Gasteiger partial charge on any atom is 0.290 e. The summed E-state index contributed by atoms with van der Waals surface area (Å²) in [6.45, 7) is 2.40. The lowest BCUT2D eigenvalue weighted by atomic mass is 10.0. The van der Waals surface area contributed by atoms with Crippen molar-refractivity contribution in [1.29, 1.82) is 0 Å². The van der Waals surface area contributed by atoms with Gasteiger partial charge in [-0.1, -0.05) is 0 Å². The van der Waals surface area contributed by atoms with Crippen LogP contribution in [-0.2, 0) is 4.79 Å². The van der Waals surface area contributed by atoms with Crippen LogP contribution in [0, 0.1) is 17.6 Å². The molecule has 2 saturated heterocycles. The molecule has 8 heteroatoms. The number of likely N-dealkylation sites (tertiary alicyclic amines) is 1. The van der Waals surface area contributed by atoms with Crippen LogP contribution in [0.5, 0.6) is 0 Å². The van der Waals surface area contributed by atoms with Crippen molar-refractivity contribution in [3.05, 3.63) is 54.0 Å². The number of anilines is 1. The zero-order valence-corrected chi connectivity index (χ0v) is 16.7. The van der Waals surface area contributed by atoms with Crippen molar-refractivity contribution in [2.75, 3.05) is 31.1 Å². The van der Waals surface area contributed by atoms with Crippen LogP contribution in [0.4, 0.5) is 14.5 Å². The number of benzene rings is 1. The fraction of sp³-hybridized carbons (Fsp3) is 0.455. The fourth-order valence-corrected chi connectivity index (χ4v) is 4.27. The molecule has 2 unspecified atom stereocenters. The fourth-order valence-electron chi connectivity index (χ4n) is 4.27. The van der Waals surface area contributed by atoms with Gasteiger partial charge in [0.15, 0.2) is 17.4 Å². The van der Waals surface area contributed by atoms with Crippen molar-refractivity contribution in [3.8, 4) is 0 Å². The third kappa shape index (κ3) is 4.32. The second-order valence-electron chi connectivity index (χ2n) is 7.93. The number of carbonyl (C=O) groups is 2. The molecule has 1 aromatic heterocycles. The van der Waals surface area contributed by atoms with Crippen LogP contribution in [0.15, 0.2) is 41.0 Å². The largest absolute Gasteiger partial charge is 0.459 e. The first kappa shape index (κ1) is 20.4. The van der Waals surface area contributed by atoms with Crippen LogP contribution in [0.2, 0.25) is 0 Å². The smallest absolute Gasteiger partial charge is 0.290 e. The molecule has 0 spiro atoms. The summed E-state index contributed by atoms with van der Waals surface area (Å²) in [6, 6.07) is 6.67. The number of carbonyl (C=O) groups excluding carboxylic acids is 2. The molecule has 0 aliphatic carbocycles. The Labute approximate surface area is 173 Å². The Morgan fingerprint density at radius 2 is 1.97 bits per heavy atom. The molecule has 1 N–H and O–H groups in total. The molecule has 2 atom stereocenters. The lowest BCUT2D eigenvalue weighted by Crippen LogP contribution is -2.52. The molecule has 0 radical (unpaired) electrons. The highest BCUT2D eigenvalue weighted by atomic mass is 19.2. The number of piperidine rings is 1. The van der Waals surface area contributed by atoms with Gasteiger partial charge in [0.25, 0.3) is 5.91 Å². The predicted octanol–water partition coefficient (Wildman–Crippen LogP) is 3.20. The molecule has 1 aromatic carbocycles. The Morgan fingerprint density at radius 1 is 1.10 bits per heavy atom. The minimum absolute atomic E-state index is 0.152. The van der Waals surface area contributed by atoms with Crippen molar-refractivity contribution in [1.82, 2.24) is 10.2 Å². The van der Waals surface area contributed by atoms with Gasteiger partial charge in [0.1, 0.15) is 6.04 Å². The van der Waals surface area contributed by atoms with E-state index < -0.39 is 17.7 Å². The molecule has 6 nitrogen and oxygen atoms in total. The van der Waals surface area contributed by atoms with E-state index in [4.69, 9.17) is 4.42 Å². The van der Waals surface area contributed by atoms with Crippen molar-refractivity contribution < 1.29 is 22.8 Å². The monoisotopic (exact) mass is 417 g/mol. The predicted molar refractivity (Wildman–Crippen MR) is 107 cm³/mol. The molecule has 30 heavy (non-hydrogen) atoms. The van der Waals surface area contributed by atoms with E-state index in [0.717, 1.165) is 31.9 Å². The molecule has 2 fully saturated rings. The number of amides is 2. The Balaban J connectivity index is 1.32. The van der Waals surface area contributed by atoms with Gasteiger partial charge in [-0.15, -0.1) is 0 Å². The van der Waals surface area contributed by atoms with Crippen LogP contribution in [0.3, 0.4) is 0 Å². The summed E-state index contributed by atoms with van der Waals surface area (Å²) in [6.07, 6.45) is 4.68. The van der Waals surface area contributed by atoms with Crippen LogP contribution in [0.25, 0.3) is 0 Å². The van der Waals surface area contributed by atoms with Gasteiger partial charge in [-0.05, 0) is 55.9 Å². The molecule has 160 valence electrons. The van der Waals surface area contributed by atoms with E-state index in [-0.39, 0.29) is 23.5 Å². The SMILES string of the molecule is O=C(NCC1CCN(c2ccc(F)c(F)c2)C1)C1CCCCN1C(=O)c1ccco1. The van der Waals surface area contributed by atoms with Gasteiger partial charge in [0.05, 0.1) is 6.26 Å². The average Bonchev–Trinajstić information content (AvgIpc) is 3.46. The van der Waals surface area contributed by atoms with E-state index >= 15 is 0 Å². The third-order valence-electron chi connectivity index (χ3n) is 5.92. The topological polar surface area (TPSA) is 65.8 Å². The molecule has 0 saturated carbocycles. The van der Waals surface area contributed by atoms with Crippen molar-refractivity contribution in [3.63, 3.8) is 0 Å². The second kappa shape index (κ2) is 8.85. The van der Waals surface area contributed by atoms with Crippen LogP contribution in [-0.4, -0.2) is 48.9 Å². The summed E-state index contributed by atoms with van der Waals surface area (Å²) < 4.78 is 31.9. The van der Waals surface area contributed by atoms with Gasteiger partial charge in [0.2, 0.25) is 5.91 Å². The molecule has 3 heterocycles. The summed E-state index contributed by atoms with van der Waals surface area (Å²) in [4.78, 5) is 29.1. The number of nitrogens with one attached hydrogen (secondary N) is 1. The summed E-state index contributed by atoms with van der Waals surface area (Å²) in [5.41, 5.74) is 0.644. The van der Waals surface area contributed by atoms with Crippen LogP contribution >= 0.6 is 0 Å². The first-order chi connectivity index (χ1) is 14.5. The maximum absolute atomic E-state index is 13.5. The van der Waals surface area contributed by atoms with E-state index in [1.807, 2.05) is 4.90 Å². The minimum Gasteiger partial charge on any atom is -0.459 e. The van der Waals surface area contributed by atoms with Gasteiger partial charge in [-0.3, -0.25) is 9.59 Å². The van der Waals surface area contributed by atoms with Crippen molar-refractivity contribution in [2.45, 2.75) is 31.7 Å². The highest BCUT2D eigenvalue weighted by Crippen LogP contribution is 2.25. The quantitative estimate of drug-likeness (QED) is 0.812. The molecular formula is C22H25F2N3O3. The zero-order chi connectivity index (χ0) is 21.1. The third-order valence-corrected chi connectivity index (χ3v) is 5.92. The Bertz CT molecular complexity index is 903. The number of hydrogen-bond donors (Lipinski definition) is 1. The highest BCUT2D eigenvalue weighted by Gasteiger charge is 2.34. The van der Waals surface area contributed by atoms with Gasteiger partial charge in [0, 0.05) is 37.9 Å². The summed E-state index contributed by atoms with van der Waals surface area (Å²) in [7, 11) is 0. The Kier molecular flexibility index (Phi) is 6.01. The number of nitrogens with zero attached hydrogens (tertiary/aromatic N) is 2. The van der Waals surface area contributed by atoms with Gasteiger partial charge >= 0.3 is 0 Å². The second-order valence-corrected chi connectivity index (χ2v) is 7.93. The molecule has 0 bridgehead atoms. The number of furan rings is 1. The summed E-state index contributed by atoms with van der Waals surface area (Å²) in [5.74, 6) is -1.68. The lowest BCUT2D eigenvalue weighted by molar-refractivity contribution is -0.126. The van der Waals surface area contributed by atoms with E-state index in [9.17, 15) is 18.4 Å². The van der Waals surface area contributed by atoms with Gasteiger partial charge < -0.3 is 19.5 Å². The van der Waals surface area contributed by atoms with Gasteiger partial charge in [-0.2, -0.15) is 0 Å². The van der Waals surface area contributed by atoms with Crippen LogP contribution < -0.4 is 10.2 Å². The Hall–Kier alpha value is -2.90. The first-order valence-electron chi connectivity index (χ1n) is 10.3. The van der Waals surface area contributed by atoms with E-state index in [0.29, 0.717) is 31.7 Å². The molecule has 2 aliphatic rings. The normalized spacial score (nSPS) is 21.7. The zero-order valence-electron chi connectivity index (χ0n) is 16.7. The average molecular weight is 417 g/mol. The Morgan fingerprint density at radius 3 is 2.73 bits per heavy atom. The molecular weight excluding hydrogens is 392 g/mol. The van der Waals surface area contributed by atoms with E-state index in [1.165, 1.54) is 12.3 Å². The lowest BCUT2D eigenvalue weighted by Gasteiger charge is -2.34.